The second-order valence-corrected chi connectivity index (χ2v) is 8.17. The maximum Gasteiger partial charge on any atom is 0.295 e. The molecule has 7 nitrogen and oxygen atoms in total. The maximum absolute atomic E-state index is 13.1. The van der Waals surface area contributed by atoms with Gasteiger partial charge >= 0.3 is 0 Å². The Morgan fingerprint density at radius 2 is 1.84 bits per heavy atom. The highest BCUT2D eigenvalue weighted by atomic mass is 16.5. The minimum absolute atomic E-state index is 0.106. The number of hydrogen-bond donors (Lipinski definition) is 2. The van der Waals surface area contributed by atoms with Crippen LogP contribution in [0.25, 0.3) is 16.7 Å². The van der Waals surface area contributed by atoms with Crippen LogP contribution in [0, 0.1) is 0 Å². The fourth-order valence-corrected chi connectivity index (χ4v) is 4.21. The van der Waals surface area contributed by atoms with Crippen LogP contribution < -0.4 is 4.74 Å². The number of fused-ring (bicyclic) bond motifs is 1. The second kappa shape index (κ2) is 8.88. The molecule has 1 saturated heterocycles. The topological polar surface area (TPSA) is 85.9 Å². The van der Waals surface area contributed by atoms with Crippen molar-refractivity contribution in [3.05, 3.63) is 71.4 Å². The first kappa shape index (κ1) is 21.6. The Hall–Kier alpha value is -3.58. The van der Waals surface area contributed by atoms with E-state index in [1.807, 2.05) is 55.4 Å². The van der Waals surface area contributed by atoms with Gasteiger partial charge in [0.15, 0.2) is 0 Å². The van der Waals surface area contributed by atoms with Crippen LogP contribution in [0.2, 0.25) is 0 Å². The molecule has 1 fully saturated rings. The summed E-state index contributed by atoms with van der Waals surface area (Å²) in [6, 6.07) is 14.1. The number of Topliss-reactive ketones (excluding diaryl/α,β-unsaturated/α-hetero) is 1. The summed E-state index contributed by atoms with van der Waals surface area (Å²) in [6.45, 7) is 1.19. The third-order valence-corrected chi connectivity index (χ3v) is 5.82. The van der Waals surface area contributed by atoms with Gasteiger partial charge in [0.25, 0.3) is 11.7 Å². The Balaban J connectivity index is 1.83. The molecule has 1 amide bonds. The normalized spacial score (nSPS) is 18.1. The lowest BCUT2D eigenvalue weighted by Gasteiger charge is -2.26. The van der Waals surface area contributed by atoms with E-state index in [0.29, 0.717) is 24.3 Å². The predicted octanol–water partition coefficient (Wildman–Crippen LogP) is 3.55. The van der Waals surface area contributed by atoms with Gasteiger partial charge in [-0.3, -0.25) is 9.59 Å². The average Bonchev–Trinajstić information content (AvgIpc) is 3.33. The third kappa shape index (κ3) is 3.87. The van der Waals surface area contributed by atoms with Crippen LogP contribution in [0.5, 0.6) is 5.75 Å². The molecule has 3 aromatic rings. The van der Waals surface area contributed by atoms with Crippen LogP contribution in [-0.4, -0.2) is 65.9 Å². The van der Waals surface area contributed by atoms with Crippen LogP contribution in [0.1, 0.15) is 23.6 Å². The lowest BCUT2D eigenvalue weighted by Crippen LogP contribution is -2.32. The van der Waals surface area contributed by atoms with Gasteiger partial charge in [-0.05, 0) is 50.8 Å². The number of rotatable bonds is 7. The summed E-state index contributed by atoms with van der Waals surface area (Å²) in [5.74, 6) is -0.754. The molecule has 0 bridgehead atoms. The average molecular weight is 434 g/mol. The molecule has 1 aliphatic rings. The molecular weight excluding hydrogens is 406 g/mol. The fourth-order valence-electron chi connectivity index (χ4n) is 4.21. The molecule has 7 heteroatoms. The second-order valence-electron chi connectivity index (χ2n) is 8.17. The zero-order valence-electron chi connectivity index (χ0n) is 18.5. The maximum atomic E-state index is 13.1. The number of para-hydroxylation sites is 1. The standard InChI is InChI=1S/C25H27N3O4/c1-27(2)13-6-14-28-22(16-9-11-17(32-3)12-10-16)21(24(30)25(28)31)23(29)19-15-26-20-8-5-4-7-18(19)20/h4-5,7-12,15,22,26,29H,6,13-14H2,1-3H3. The number of carbonyl (C=O) groups excluding carboxylic acids is 2. The van der Waals surface area contributed by atoms with Crippen molar-refractivity contribution < 1.29 is 19.4 Å². The Labute approximate surface area is 186 Å². The molecule has 1 aliphatic heterocycles. The van der Waals surface area contributed by atoms with Gasteiger partial charge in [-0.15, -0.1) is 0 Å². The van der Waals surface area contributed by atoms with E-state index in [1.165, 1.54) is 0 Å². The number of nitrogens with one attached hydrogen (secondary N) is 1. The molecule has 2 N–H and O–H groups in total. The zero-order valence-corrected chi connectivity index (χ0v) is 18.5. The van der Waals surface area contributed by atoms with Crippen LogP contribution >= 0.6 is 0 Å². The Bertz CT molecular complexity index is 1180. The highest BCUT2D eigenvalue weighted by Crippen LogP contribution is 2.40. The van der Waals surface area contributed by atoms with Crippen molar-refractivity contribution in [2.45, 2.75) is 12.5 Å². The third-order valence-electron chi connectivity index (χ3n) is 5.82. The van der Waals surface area contributed by atoms with Crippen LogP contribution in [0.3, 0.4) is 0 Å². The molecule has 4 rings (SSSR count). The van der Waals surface area contributed by atoms with Crippen molar-refractivity contribution >= 4 is 28.4 Å². The van der Waals surface area contributed by atoms with Crippen molar-refractivity contribution in [1.29, 1.82) is 0 Å². The summed E-state index contributed by atoms with van der Waals surface area (Å²) in [6.07, 6.45) is 2.38. The van der Waals surface area contributed by atoms with Gasteiger partial charge in [0.1, 0.15) is 11.5 Å². The van der Waals surface area contributed by atoms with Gasteiger partial charge in [0.05, 0.1) is 18.7 Å². The number of aliphatic hydroxyl groups excluding tert-OH is 1. The quantitative estimate of drug-likeness (QED) is 0.338. The number of hydrogen-bond acceptors (Lipinski definition) is 5. The van der Waals surface area contributed by atoms with Gasteiger partial charge < -0.3 is 24.6 Å². The van der Waals surface area contributed by atoms with E-state index in [4.69, 9.17) is 4.74 Å². The van der Waals surface area contributed by atoms with E-state index < -0.39 is 17.7 Å². The van der Waals surface area contributed by atoms with Crippen molar-refractivity contribution in [2.24, 2.45) is 0 Å². The monoisotopic (exact) mass is 433 g/mol. The molecule has 0 radical (unpaired) electrons. The number of amides is 1. The molecule has 0 spiro atoms. The summed E-state index contributed by atoms with van der Waals surface area (Å²) in [5.41, 5.74) is 2.20. The molecule has 0 aliphatic carbocycles. The van der Waals surface area contributed by atoms with Gasteiger partial charge in [0.2, 0.25) is 0 Å². The largest absolute Gasteiger partial charge is 0.507 e. The molecular formula is C25H27N3O4. The molecule has 2 heterocycles. The predicted molar refractivity (Wildman–Crippen MR) is 123 cm³/mol. The van der Waals surface area contributed by atoms with Gasteiger partial charge in [-0.2, -0.15) is 0 Å². The lowest BCUT2D eigenvalue weighted by molar-refractivity contribution is -0.139. The minimum atomic E-state index is -0.670. The molecule has 32 heavy (non-hydrogen) atoms. The van der Waals surface area contributed by atoms with E-state index in [1.54, 1.807) is 30.3 Å². The van der Waals surface area contributed by atoms with Gasteiger partial charge in [0, 0.05) is 29.2 Å². The SMILES string of the molecule is COc1ccc(C2C(=C(O)c3c[nH]c4ccccc34)C(=O)C(=O)N2CCCN(C)C)cc1. The van der Waals surface area contributed by atoms with E-state index in [-0.39, 0.29) is 11.3 Å². The Morgan fingerprint density at radius 1 is 1.12 bits per heavy atom. The van der Waals surface area contributed by atoms with Crippen LogP contribution in [-0.2, 0) is 9.59 Å². The summed E-state index contributed by atoms with van der Waals surface area (Å²) in [5, 5.41) is 12.1. The van der Waals surface area contributed by atoms with Crippen molar-refractivity contribution in [3.63, 3.8) is 0 Å². The number of benzene rings is 2. The molecule has 166 valence electrons. The first-order valence-corrected chi connectivity index (χ1v) is 10.6. The fraction of sp³-hybridized carbons (Fsp3) is 0.280. The van der Waals surface area contributed by atoms with E-state index in [2.05, 4.69) is 4.98 Å². The smallest absolute Gasteiger partial charge is 0.295 e. The number of ketones is 1. The van der Waals surface area contributed by atoms with E-state index >= 15 is 0 Å². The van der Waals surface area contributed by atoms with Gasteiger partial charge in [-0.25, -0.2) is 0 Å². The van der Waals surface area contributed by atoms with Crippen LogP contribution in [0.15, 0.2) is 60.3 Å². The Morgan fingerprint density at radius 3 is 2.53 bits per heavy atom. The van der Waals surface area contributed by atoms with E-state index in [9.17, 15) is 14.7 Å². The minimum Gasteiger partial charge on any atom is -0.507 e. The first-order chi connectivity index (χ1) is 15.4. The number of aromatic amines is 1. The van der Waals surface area contributed by atoms with Crippen molar-refractivity contribution in [1.82, 2.24) is 14.8 Å². The number of nitrogens with zero attached hydrogens (tertiary/aromatic N) is 2. The highest BCUT2D eigenvalue weighted by Gasteiger charge is 2.46. The molecule has 2 aromatic carbocycles. The summed E-state index contributed by atoms with van der Waals surface area (Å²) >= 11 is 0. The molecule has 1 atom stereocenters. The lowest BCUT2D eigenvalue weighted by atomic mass is 9.95. The number of aromatic nitrogens is 1. The number of ether oxygens (including phenoxy) is 1. The van der Waals surface area contributed by atoms with E-state index in [0.717, 1.165) is 23.0 Å². The number of likely N-dealkylation sites (tertiary alicyclic amines) is 1. The molecule has 1 unspecified atom stereocenters. The van der Waals surface area contributed by atoms with Crippen molar-refractivity contribution in [3.8, 4) is 5.75 Å². The van der Waals surface area contributed by atoms with Crippen molar-refractivity contribution in [2.75, 3.05) is 34.3 Å². The molecule has 0 saturated carbocycles. The first-order valence-electron chi connectivity index (χ1n) is 10.6. The van der Waals surface area contributed by atoms with Gasteiger partial charge in [-0.1, -0.05) is 30.3 Å². The molecule has 1 aromatic heterocycles. The summed E-state index contributed by atoms with van der Waals surface area (Å²) in [4.78, 5) is 32.9. The van der Waals surface area contributed by atoms with Crippen LogP contribution in [0.4, 0.5) is 0 Å². The highest BCUT2D eigenvalue weighted by molar-refractivity contribution is 6.46. The zero-order chi connectivity index (χ0) is 22.8. The Kier molecular flexibility index (Phi) is 6.01. The number of aliphatic hydroxyl groups is 1. The number of carbonyl (C=O) groups is 2. The summed E-state index contributed by atoms with van der Waals surface area (Å²) < 4.78 is 5.26. The number of methoxy groups -OCH3 is 1. The summed E-state index contributed by atoms with van der Waals surface area (Å²) in [7, 11) is 5.51. The number of H-pyrrole nitrogens is 1.